The molecule has 5 nitrogen and oxygen atoms in total. The van der Waals surface area contributed by atoms with Crippen molar-refractivity contribution in [2.75, 3.05) is 0 Å². The number of carbonyl (C=O) groups is 1. The molecule has 1 aromatic rings. The van der Waals surface area contributed by atoms with Crippen molar-refractivity contribution in [1.82, 2.24) is 4.98 Å². The average Bonchev–Trinajstić information content (AvgIpc) is 2.18. The second-order valence-corrected chi connectivity index (χ2v) is 2.91. The predicted molar refractivity (Wildman–Crippen MR) is 48.1 cm³/mol. The number of carboxylic acid groups (broad SMARTS) is 1. The van der Waals surface area contributed by atoms with Crippen LogP contribution in [0.2, 0.25) is 0 Å². The molecule has 0 aromatic carbocycles. The Labute approximate surface area is 88.0 Å². The number of nitrogens with zero attached hydrogens (tertiary/aromatic N) is 1. The number of halogens is 2. The van der Waals surface area contributed by atoms with E-state index in [1.165, 1.54) is 6.07 Å². The summed E-state index contributed by atoms with van der Waals surface area (Å²) in [5.41, 5.74) is -2.77. The molecule has 7 heteroatoms. The van der Waals surface area contributed by atoms with Gasteiger partial charge in [0, 0.05) is 6.20 Å². The van der Waals surface area contributed by atoms with E-state index in [-0.39, 0.29) is 5.56 Å². The minimum atomic E-state index is -3.12. The third-order valence-electron chi connectivity index (χ3n) is 1.88. The van der Waals surface area contributed by atoms with Gasteiger partial charge >= 0.3 is 5.97 Å². The van der Waals surface area contributed by atoms with Gasteiger partial charge in [-0.15, -0.1) is 0 Å². The largest absolute Gasteiger partial charge is 0.481 e. The molecule has 1 aromatic heterocycles. The van der Waals surface area contributed by atoms with Gasteiger partial charge in [-0.25, -0.2) is 8.78 Å². The van der Waals surface area contributed by atoms with Crippen molar-refractivity contribution in [2.45, 2.75) is 12.8 Å². The van der Waals surface area contributed by atoms with Crippen LogP contribution in [0.5, 0.6) is 0 Å². The molecular formula is C9H6F2N2O3. The van der Waals surface area contributed by atoms with Crippen molar-refractivity contribution in [2.24, 2.45) is 0 Å². The molecule has 2 N–H and O–H groups in total. The molecule has 0 radical (unpaired) electrons. The van der Waals surface area contributed by atoms with Gasteiger partial charge in [-0.1, -0.05) is 0 Å². The lowest BCUT2D eigenvalue weighted by Crippen LogP contribution is -2.18. The highest BCUT2D eigenvalue weighted by Gasteiger charge is 2.21. The fraction of sp³-hybridized carbons (Fsp3) is 0.222. The number of aliphatic carboxylic acids is 1. The Bertz CT molecular complexity index is 516. The molecule has 1 rings (SSSR count). The van der Waals surface area contributed by atoms with E-state index in [1.54, 1.807) is 0 Å². The Morgan fingerprint density at radius 1 is 1.62 bits per heavy atom. The van der Waals surface area contributed by atoms with Crippen molar-refractivity contribution < 1.29 is 18.7 Å². The molecule has 0 aliphatic carbocycles. The number of H-pyrrole nitrogens is 1. The van der Waals surface area contributed by atoms with Crippen molar-refractivity contribution >= 4 is 5.97 Å². The van der Waals surface area contributed by atoms with Gasteiger partial charge < -0.3 is 10.1 Å². The van der Waals surface area contributed by atoms with E-state index in [0.717, 1.165) is 6.20 Å². The fourth-order valence-electron chi connectivity index (χ4n) is 1.23. The number of pyridine rings is 1. The summed E-state index contributed by atoms with van der Waals surface area (Å²) in [6, 6.07) is 1.43. The van der Waals surface area contributed by atoms with Gasteiger partial charge in [0.15, 0.2) is 0 Å². The number of carboxylic acids is 1. The Morgan fingerprint density at radius 3 is 2.69 bits per heavy atom. The molecule has 1 heterocycles. The van der Waals surface area contributed by atoms with Crippen LogP contribution in [0.4, 0.5) is 8.78 Å². The van der Waals surface area contributed by atoms with Crippen molar-refractivity contribution in [1.29, 1.82) is 5.26 Å². The van der Waals surface area contributed by atoms with Crippen LogP contribution in [-0.2, 0) is 11.2 Å². The number of aromatic amines is 1. The molecule has 16 heavy (non-hydrogen) atoms. The quantitative estimate of drug-likeness (QED) is 0.800. The second kappa shape index (κ2) is 4.53. The van der Waals surface area contributed by atoms with E-state index in [9.17, 15) is 18.4 Å². The van der Waals surface area contributed by atoms with E-state index in [1.807, 2.05) is 4.98 Å². The zero-order chi connectivity index (χ0) is 12.3. The number of rotatable bonds is 3. The molecule has 84 valence electrons. The molecule has 0 amide bonds. The van der Waals surface area contributed by atoms with Crippen LogP contribution in [0.1, 0.15) is 23.1 Å². The summed E-state index contributed by atoms with van der Waals surface area (Å²) in [6.45, 7) is 0. The van der Waals surface area contributed by atoms with Crippen LogP contribution in [0.15, 0.2) is 11.0 Å². The number of nitrogens with one attached hydrogen (secondary N) is 1. The van der Waals surface area contributed by atoms with Crippen LogP contribution in [0.25, 0.3) is 0 Å². The topological polar surface area (TPSA) is 93.9 Å². The van der Waals surface area contributed by atoms with Gasteiger partial charge in [-0.05, 0) is 5.56 Å². The lowest BCUT2D eigenvalue weighted by molar-refractivity contribution is -0.136. The Morgan fingerprint density at radius 2 is 2.25 bits per heavy atom. The summed E-state index contributed by atoms with van der Waals surface area (Å²) >= 11 is 0. The SMILES string of the molecule is N#Cc1c(CC(=O)O)c[nH]c(=O)c1C(F)F. The van der Waals surface area contributed by atoms with Gasteiger partial charge in [-0.3, -0.25) is 9.59 Å². The minimum Gasteiger partial charge on any atom is -0.481 e. The number of hydrogen-bond donors (Lipinski definition) is 2. The average molecular weight is 228 g/mol. The smallest absolute Gasteiger partial charge is 0.307 e. The van der Waals surface area contributed by atoms with E-state index < -0.39 is 35.5 Å². The van der Waals surface area contributed by atoms with Gasteiger partial charge in [0.1, 0.15) is 11.6 Å². The van der Waals surface area contributed by atoms with E-state index in [0.29, 0.717) is 0 Å². The lowest BCUT2D eigenvalue weighted by atomic mass is 10.0. The third-order valence-corrected chi connectivity index (χ3v) is 1.88. The Balaban J connectivity index is 3.44. The molecule has 0 unspecified atom stereocenters. The second-order valence-electron chi connectivity index (χ2n) is 2.91. The standard InChI is InChI=1S/C9H6F2N2O3/c10-8(11)7-5(2-12)4(1-6(14)15)3-13-9(7)16/h3,8H,1H2,(H,13,16)(H,14,15). The Hall–Kier alpha value is -2.23. The summed E-state index contributed by atoms with van der Waals surface area (Å²) in [4.78, 5) is 23.4. The van der Waals surface area contributed by atoms with E-state index >= 15 is 0 Å². The third kappa shape index (κ3) is 2.23. The first-order chi connectivity index (χ1) is 7.47. The van der Waals surface area contributed by atoms with Gasteiger partial charge in [-0.2, -0.15) is 5.26 Å². The lowest BCUT2D eigenvalue weighted by Gasteiger charge is -2.05. The number of aromatic nitrogens is 1. The summed E-state index contributed by atoms with van der Waals surface area (Å²) in [5.74, 6) is -1.27. The van der Waals surface area contributed by atoms with E-state index in [4.69, 9.17) is 10.4 Å². The van der Waals surface area contributed by atoms with Crippen LogP contribution >= 0.6 is 0 Å². The highest BCUT2D eigenvalue weighted by molar-refractivity contribution is 5.71. The van der Waals surface area contributed by atoms with Crippen molar-refractivity contribution in [3.63, 3.8) is 0 Å². The Kier molecular flexibility index (Phi) is 3.35. The van der Waals surface area contributed by atoms with Crippen molar-refractivity contribution in [3.8, 4) is 6.07 Å². The van der Waals surface area contributed by atoms with Crippen LogP contribution < -0.4 is 5.56 Å². The first-order valence-corrected chi connectivity index (χ1v) is 4.12. The monoisotopic (exact) mass is 228 g/mol. The van der Waals surface area contributed by atoms with Crippen molar-refractivity contribution in [3.05, 3.63) is 33.2 Å². The molecule has 0 spiro atoms. The zero-order valence-corrected chi connectivity index (χ0v) is 7.83. The fourth-order valence-corrected chi connectivity index (χ4v) is 1.23. The molecule has 0 bridgehead atoms. The number of nitriles is 1. The molecule has 0 atom stereocenters. The molecule has 0 aliphatic heterocycles. The minimum absolute atomic E-state index is 0.134. The molecule has 0 fully saturated rings. The van der Waals surface area contributed by atoms with Gasteiger partial charge in [0.2, 0.25) is 0 Å². The van der Waals surface area contributed by atoms with Gasteiger partial charge in [0.05, 0.1) is 12.0 Å². The maximum atomic E-state index is 12.5. The zero-order valence-electron chi connectivity index (χ0n) is 7.83. The molecule has 0 saturated heterocycles. The van der Waals surface area contributed by atoms with Crippen LogP contribution in [-0.4, -0.2) is 16.1 Å². The maximum absolute atomic E-state index is 12.5. The highest BCUT2D eigenvalue weighted by Crippen LogP contribution is 2.21. The summed E-state index contributed by atoms with van der Waals surface area (Å²) < 4.78 is 24.9. The summed E-state index contributed by atoms with van der Waals surface area (Å²) in [5, 5.41) is 17.2. The van der Waals surface area contributed by atoms with Gasteiger partial charge in [0.25, 0.3) is 12.0 Å². The summed E-state index contributed by atoms with van der Waals surface area (Å²) in [7, 11) is 0. The molecule has 0 saturated carbocycles. The first kappa shape index (κ1) is 11.8. The normalized spacial score (nSPS) is 10.1. The van der Waals surface area contributed by atoms with Crippen LogP contribution in [0, 0.1) is 11.3 Å². The number of alkyl halides is 2. The summed E-state index contributed by atoms with van der Waals surface area (Å²) in [6.07, 6.45) is -2.76. The molecular weight excluding hydrogens is 222 g/mol. The number of hydrogen-bond acceptors (Lipinski definition) is 3. The maximum Gasteiger partial charge on any atom is 0.307 e. The first-order valence-electron chi connectivity index (χ1n) is 4.12. The predicted octanol–water partition coefficient (Wildman–Crippen LogP) is 0.811. The molecule has 0 aliphatic rings. The van der Waals surface area contributed by atoms with Crippen LogP contribution in [0.3, 0.4) is 0 Å². The highest BCUT2D eigenvalue weighted by atomic mass is 19.3. The van der Waals surface area contributed by atoms with E-state index in [2.05, 4.69) is 0 Å².